The van der Waals surface area contributed by atoms with E-state index in [0.29, 0.717) is 11.1 Å². The number of hydrogen-bond donors (Lipinski definition) is 0. The van der Waals surface area contributed by atoms with Crippen LogP contribution in [-0.4, -0.2) is 16.1 Å². The predicted octanol–water partition coefficient (Wildman–Crippen LogP) is 3.05. The van der Waals surface area contributed by atoms with Gasteiger partial charge < -0.3 is 4.84 Å². The SMILES string of the molecule is O=[N+]([O-])c1ccc(/C=N/OCc2cccc([N+](=O)[O-])c2)cc1. The number of nitro groups is 2. The maximum atomic E-state index is 10.6. The molecular weight excluding hydrogens is 290 g/mol. The van der Waals surface area contributed by atoms with Crippen LogP contribution in [0.3, 0.4) is 0 Å². The molecule has 0 heterocycles. The van der Waals surface area contributed by atoms with Crippen LogP contribution in [0.5, 0.6) is 0 Å². The quantitative estimate of drug-likeness (QED) is 0.463. The Bertz CT molecular complexity index is 713. The van der Waals surface area contributed by atoms with Crippen LogP contribution in [0.4, 0.5) is 11.4 Å². The van der Waals surface area contributed by atoms with Crippen LogP contribution in [0.2, 0.25) is 0 Å². The van der Waals surface area contributed by atoms with Crippen LogP contribution in [0.15, 0.2) is 53.7 Å². The van der Waals surface area contributed by atoms with Gasteiger partial charge in [0.2, 0.25) is 0 Å². The predicted molar refractivity (Wildman–Crippen MR) is 78.6 cm³/mol. The molecule has 0 aliphatic carbocycles. The fourth-order valence-electron chi connectivity index (χ4n) is 1.65. The van der Waals surface area contributed by atoms with Gasteiger partial charge in [0, 0.05) is 24.3 Å². The number of oxime groups is 1. The van der Waals surface area contributed by atoms with Crippen LogP contribution in [0.25, 0.3) is 0 Å². The van der Waals surface area contributed by atoms with Gasteiger partial charge in [-0.2, -0.15) is 0 Å². The van der Waals surface area contributed by atoms with E-state index in [0.717, 1.165) is 0 Å². The average molecular weight is 301 g/mol. The number of hydrogen-bond acceptors (Lipinski definition) is 6. The highest BCUT2D eigenvalue weighted by Gasteiger charge is 2.05. The Hall–Kier alpha value is -3.29. The van der Waals surface area contributed by atoms with Crippen LogP contribution in [0, 0.1) is 20.2 Å². The molecule has 0 aliphatic heterocycles. The van der Waals surface area contributed by atoms with E-state index in [9.17, 15) is 20.2 Å². The lowest BCUT2D eigenvalue weighted by Gasteiger charge is -1.99. The standard InChI is InChI=1S/C14H11N3O5/c18-16(19)13-6-4-11(5-7-13)9-15-22-10-12-2-1-3-14(8-12)17(20)21/h1-9H,10H2/b15-9+. The second kappa shape index (κ2) is 6.93. The molecule has 112 valence electrons. The molecule has 22 heavy (non-hydrogen) atoms. The molecule has 0 aliphatic rings. The lowest BCUT2D eigenvalue weighted by atomic mass is 10.2. The summed E-state index contributed by atoms with van der Waals surface area (Å²) in [5, 5.41) is 24.9. The lowest BCUT2D eigenvalue weighted by Crippen LogP contribution is -1.92. The summed E-state index contributed by atoms with van der Waals surface area (Å²) in [4.78, 5) is 25.2. The summed E-state index contributed by atoms with van der Waals surface area (Å²) in [7, 11) is 0. The molecule has 0 radical (unpaired) electrons. The van der Waals surface area contributed by atoms with Gasteiger partial charge in [0.25, 0.3) is 11.4 Å². The molecule has 8 nitrogen and oxygen atoms in total. The van der Waals surface area contributed by atoms with Crippen molar-refractivity contribution in [3.63, 3.8) is 0 Å². The van der Waals surface area contributed by atoms with Crippen molar-refractivity contribution in [1.29, 1.82) is 0 Å². The molecule has 0 bridgehead atoms. The molecule has 2 aromatic rings. The van der Waals surface area contributed by atoms with E-state index in [1.807, 2.05) is 0 Å². The maximum absolute atomic E-state index is 10.6. The van der Waals surface area contributed by atoms with Crippen LogP contribution >= 0.6 is 0 Å². The van der Waals surface area contributed by atoms with E-state index in [1.54, 1.807) is 24.3 Å². The Morgan fingerprint density at radius 3 is 2.32 bits per heavy atom. The minimum atomic E-state index is -0.486. The molecule has 0 atom stereocenters. The minimum Gasteiger partial charge on any atom is -0.391 e. The molecule has 0 fully saturated rings. The Labute approximate surface area is 124 Å². The van der Waals surface area contributed by atoms with E-state index in [2.05, 4.69) is 5.16 Å². The fourth-order valence-corrected chi connectivity index (χ4v) is 1.65. The number of nitro benzene ring substituents is 2. The molecule has 8 heteroatoms. The Morgan fingerprint density at radius 1 is 1.00 bits per heavy atom. The zero-order chi connectivity index (χ0) is 15.9. The van der Waals surface area contributed by atoms with Crippen molar-refractivity contribution in [3.8, 4) is 0 Å². The third-order valence-corrected chi connectivity index (χ3v) is 2.73. The Balaban J connectivity index is 1.91. The highest BCUT2D eigenvalue weighted by atomic mass is 16.6. The number of rotatable bonds is 6. The molecule has 0 amide bonds. The first kappa shape index (κ1) is 15.1. The van der Waals surface area contributed by atoms with E-state index in [1.165, 1.54) is 30.5 Å². The van der Waals surface area contributed by atoms with E-state index >= 15 is 0 Å². The largest absolute Gasteiger partial charge is 0.391 e. The van der Waals surface area contributed by atoms with Crippen LogP contribution < -0.4 is 0 Å². The van der Waals surface area contributed by atoms with Gasteiger partial charge in [-0.3, -0.25) is 20.2 Å². The summed E-state index contributed by atoms with van der Waals surface area (Å²) < 4.78 is 0. The van der Waals surface area contributed by atoms with Gasteiger partial charge in [0.15, 0.2) is 0 Å². The van der Waals surface area contributed by atoms with Crippen molar-refractivity contribution in [3.05, 3.63) is 79.9 Å². The van der Waals surface area contributed by atoms with Crippen molar-refractivity contribution in [2.75, 3.05) is 0 Å². The molecule has 0 N–H and O–H groups in total. The number of benzene rings is 2. The molecule has 0 unspecified atom stereocenters. The van der Waals surface area contributed by atoms with Crippen molar-refractivity contribution >= 4 is 17.6 Å². The fraction of sp³-hybridized carbons (Fsp3) is 0.0714. The monoisotopic (exact) mass is 301 g/mol. The topological polar surface area (TPSA) is 108 Å². The summed E-state index contributed by atoms with van der Waals surface area (Å²) in [5.41, 5.74) is 1.25. The first-order valence-electron chi connectivity index (χ1n) is 6.19. The smallest absolute Gasteiger partial charge is 0.269 e. The highest BCUT2D eigenvalue weighted by Crippen LogP contribution is 2.14. The maximum Gasteiger partial charge on any atom is 0.269 e. The van der Waals surface area contributed by atoms with Crippen LogP contribution in [-0.2, 0) is 11.4 Å². The molecule has 2 aromatic carbocycles. The van der Waals surface area contributed by atoms with Crippen molar-refractivity contribution < 1.29 is 14.7 Å². The molecule has 0 spiro atoms. The zero-order valence-corrected chi connectivity index (χ0v) is 11.3. The van der Waals surface area contributed by atoms with Crippen molar-refractivity contribution in [2.24, 2.45) is 5.16 Å². The summed E-state index contributed by atoms with van der Waals surface area (Å²) in [5.74, 6) is 0. The molecule has 0 saturated heterocycles. The highest BCUT2D eigenvalue weighted by molar-refractivity contribution is 5.79. The second-order valence-corrected chi connectivity index (χ2v) is 4.28. The van der Waals surface area contributed by atoms with Gasteiger partial charge in [0.1, 0.15) is 6.61 Å². The normalized spacial score (nSPS) is 10.5. The van der Waals surface area contributed by atoms with Crippen molar-refractivity contribution in [2.45, 2.75) is 6.61 Å². The van der Waals surface area contributed by atoms with Gasteiger partial charge in [0.05, 0.1) is 16.1 Å². The Kier molecular flexibility index (Phi) is 4.76. The average Bonchev–Trinajstić information content (AvgIpc) is 2.52. The first-order valence-corrected chi connectivity index (χ1v) is 6.19. The summed E-state index contributed by atoms with van der Waals surface area (Å²) in [6, 6.07) is 11.9. The second-order valence-electron chi connectivity index (χ2n) is 4.28. The minimum absolute atomic E-state index is 0.00494. The third-order valence-electron chi connectivity index (χ3n) is 2.73. The van der Waals surface area contributed by atoms with Gasteiger partial charge >= 0.3 is 0 Å². The van der Waals surface area contributed by atoms with E-state index in [4.69, 9.17) is 4.84 Å². The summed E-state index contributed by atoms with van der Waals surface area (Å²) >= 11 is 0. The van der Waals surface area contributed by atoms with Gasteiger partial charge in [-0.15, -0.1) is 0 Å². The zero-order valence-electron chi connectivity index (χ0n) is 11.3. The van der Waals surface area contributed by atoms with Crippen LogP contribution in [0.1, 0.15) is 11.1 Å². The summed E-state index contributed by atoms with van der Waals surface area (Å²) in [6.07, 6.45) is 1.40. The number of non-ortho nitro benzene ring substituents is 2. The molecule has 0 saturated carbocycles. The first-order chi connectivity index (χ1) is 10.6. The molecular formula is C14H11N3O5. The molecule has 2 rings (SSSR count). The van der Waals surface area contributed by atoms with E-state index < -0.39 is 9.85 Å². The van der Waals surface area contributed by atoms with Gasteiger partial charge in [-0.1, -0.05) is 17.3 Å². The van der Waals surface area contributed by atoms with Gasteiger partial charge in [-0.05, 0) is 23.3 Å². The van der Waals surface area contributed by atoms with E-state index in [-0.39, 0.29) is 18.0 Å². The third kappa shape index (κ3) is 4.10. The Morgan fingerprint density at radius 2 is 1.68 bits per heavy atom. The van der Waals surface area contributed by atoms with Gasteiger partial charge in [-0.25, -0.2) is 0 Å². The number of nitrogens with zero attached hydrogens (tertiary/aromatic N) is 3. The lowest BCUT2D eigenvalue weighted by molar-refractivity contribution is -0.385. The molecule has 0 aromatic heterocycles. The summed E-state index contributed by atoms with van der Waals surface area (Å²) in [6.45, 7) is 0.0885. The van der Waals surface area contributed by atoms with Crippen molar-refractivity contribution in [1.82, 2.24) is 0 Å².